The summed E-state index contributed by atoms with van der Waals surface area (Å²) in [5.41, 5.74) is 2.35. The number of hydrogen-bond donors (Lipinski definition) is 2. The molecule has 0 radical (unpaired) electrons. The van der Waals surface area contributed by atoms with E-state index in [1.165, 1.54) is 12.8 Å². The Morgan fingerprint density at radius 2 is 2.26 bits per heavy atom. The van der Waals surface area contributed by atoms with Gasteiger partial charge in [0.1, 0.15) is 0 Å². The first-order chi connectivity index (χ1) is 9.11. The lowest BCUT2D eigenvalue weighted by molar-refractivity contribution is -0.115. The van der Waals surface area contributed by atoms with E-state index in [1.807, 2.05) is 13.0 Å². The maximum atomic E-state index is 12.1. The van der Waals surface area contributed by atoms with Crippen molar-refractivity contribution in [2.45, 2.75) is 38.6 Å². The highest BCUT2D eigenvalue weighted by Gasteiger charge is 2.25. The Morgan fingerprint density at radius 3 is 3.00 bits per heavy atom. The predicted octanol–water partition coefficient (Wildman–Crippen LogP) is 2.10. The fourth-order valence-corrected chi connectivity index (χ4v) is 2.58. The number of hydrogen-bond acceptors (Lipinski definition) is 2. The van der Waals surface area contributed by atoms with Crippen LogP contribution in [0.4, 0.5) is 5.69 Å². The van der Waals surface area contributed by atoms with Crippen LogP contribution in [0.3, 0.4) is 0 Å². The largest absolute Gasteiger partial charge is 0.350 e. The van der Waals surface area contributed by atoms with E-state index < -0.39 is 0 Å². The maximum absolute atomic E-state index is 12.1. The molecular formula is C15H18N2O2. The van der Waals surface area contributed by atoms with Crippen LogP contribution in [0.2, 0.25) is 0 Å². The van der Waals surface area contributed by atoms with Crippen LogP contribution in [0.25, 0.3) is 0 Å². The zero-order chi connectivity index (χ0) is 13.4. The van der Waals surface area contributed by atoms with Gasteiger partial charge >= 0.3 is 0 Å². The second kappa shape index (κ2) is 4.68. The van der Waals surface area contributed by atoms with E-state index in [1.54, 1.807) is 12.1 Å². The van der Waals surface area contributed by atoms with Gasteiger partial charge in [0.2, 0.25) is 5.91 Å². The number of amides is 2. The molecule has 0 bridgehead atoms. The quantitative estimate of drug-likeness (QED) is 0.869. The highest BCUT2D eigenvalue weighted by atomic mass is 16.2. The van der Waals surface area contributed by atoms with E-state index in [0.29, 0.717) is 12.0 Å². The second-order valence-corrected chi connectivity index (χ2v) is 5.65. The molecule has 1 aliphatic carbocycles. The molecule has 0 aromatic heterocycles. The van der Waals surface area contributed by atoms with Crippen molar-refractivity contribution in [3.05, 3.63) is 29.3 Å². The number of anilines is 1. The van der Waals surface area contributed by atoms with Crippen LogP contribution in [-0.4, -0.2) is 17.9 Å². The van der Waals surface area contributed by atoms with Gasteiger partial charge in [0.15, 0.2) is 0 Å². The Morgan fingerprint density at radius 1 is 1.47 bits per heavy atom. The van der Waals surface area contributed by atoms with Crippen molar-refractivity contribution in [2.24, 2.45) is 5.92 Å². The molecule has 0 saturated heterocycles. The lowest BCUT2D eigenvalue weighted by Crippen LogP contribution is -2.32. The van der Waals surface area contributed by atoms with E-state index in [4.69, 9.17) is 0 Å². The Kier molecular flexibility index (Phi) is 3.01. The fourth-order valence-electron chi connectivity index (χ4n) is 2.58. The molecule has 2 amide bonds. The first-order valence-electron chi connectivity index (χ1n) is 6.85. The lowest BCUT2D eigenvalue weighted by atomic mass is 10.1. The summed E-state index contributed by atoms with van der Waals surface area (Å²) >= 11 is 0. The number of fused-ring (bicyclic) bond motifs is 1. The van der Waals surface area contributed by atoms with Crippen molar-refractivity contribution >= 4 is 17.5 Å². The first-order valence-corrected chi connectivity index (χ1v) is 6.85. The summed E-state index contributed by atoms with van der Waals surface area (Å²) in [6.45, 7) is 2.05. The molecule has 1 fully saturated rings. The average molecular weight is 258 g/mol. The highest BCUT2D eigenvalue weighted by Crippen LogP contribution is 2.33. The second-order valence-electron chi connectivity index (χ2n) is 5.65. The van der Waals surface area contributed by atoms with Gasteiger partial charge in [-0.2, -0.15) is 0 Å². The summed E-state index contributed by atoms with van der Waals surface area (Å²) in [7, 11) is 0. The van der Waals surface area contributed by atoms with Crippen molar-refractivity contribution < 1.29 is 9.59 Å². The Hall–Kier alpha value is -1.84. The van der Waals surface area contributed by atoms with Gasteiger partial charge in [-0.3, -0.25) is 9.59 Å². The Bertz CT molecular complexity index is 535. The van der Waals surface area contributed by atoms with E-state index in [9.17, 15) is 9.59 Å². The molecule has 3 rings (SSSR count). The molecule has 1 aliphatic heterocycles. The van der Waals surface area contributed by atoms with E-state index >= 15 is 0 Å². The summed E-state index contributed by atoms with van der Waals surface area (Å²) in [6.07, 6.45) is 4.07. The van der Waals surface area contributed by atoms with Gasteiger partial charge in [-0.25, -0.2) is 0 Å². The van der Waals surface area contributed by atoms with Crippen LogP contribution in [0, 0.1) is 5.92 Å². The van der Waals surface area contributed by atoms with E-state index in [-0.39, 0.29) is 17.9 Å². The minimum Gasteiger partial charge on any atom is -0.350 e. The van der Waals surface area contributed by atoms with Gasteiger partial charge in [-0.1, -0.05) is 18.9 Å². The molecule has 0 spiro atoms. The molecule has 100 valence electrons. The highest BCUT2D eigenvalue weighted by molar-refractivity contribution is 6.02. The molecule has 1 aromatic carbocycles. The molecule has 4 nitrogen and oxygen atoms in total. The van der Waals surface area contributed by atoms with Gasteiger partial charge < -0.3 is 10.6 Å². The first kappa shape index (κ1) is 12.2. The smallest absolute Gasteiger partial charge is 0.251 e. The number of rotatable bonds is 4. The Balaban J connectivity index is 1.66. The molecule has 1 aromatic rings. The number of carbonyl (C=O) groups excluding carboxylic acids is 2. The van der Waals surface area contributed by atoms with E-state index in [2.05, 4.69) is 10.6 Å². The van der Waals surface area contributed by atoms with Crippen LogP contribution >= 0.6 is 0 Å². The summed E-state index contributed by atoms with van der Waals surface area (Å²) in [5, 5.41) is 5.79. The van der Waals surface area contributed by atoms with Crippen LogP contribution < -0.4 is 10.6 Å². The van der Waals surface area contributed by atoms with Crippen molar-refractivity contribution in [2.75, 3.05) is 5.32 Å². The molecule has 2 N–H and O–H groups in total. The fraction of sp³-hybridized carbons (Fsp3) is 0.467. The third-order valence-electron chi connectivity index (χ3n) is 3.76. The van der Waals surface area contributed by atoms with Crippen molar-refractivity contribution in [1.29, 1.82) is 0 Å². The molecule has 1 unspecified atom stereocenters. The zero-order valence-electron chi connectivity index (χ0n) is 11.0. The number of carbonyl (C=O) groups is 2. The summed E-state index contributed by atoms with van der Waals surface area (Å²) < 4.78 is 0. The van der Waals surface area contributed by atoms with E-state index in [0.717, 1.165) is 23.6 Å². The summed E-state index contributed by atoms with van der Waals surface area (Å²) in [4.78, 5) is 23.4. The summed E-state index contributed by atoms with van der Waals surface area (Å²) in [5.74, 6) is 0.737. The molecule has 2 aliphatic rings. The van der Waals surface area contributed by atoms with Crippen LogP contribution in [0.15, 0.2) is 18.2 Å². The topological polar surface area (TPSA) is 58.2 Å². The molecule has 1 heterocycles. The predicted molar refractivity (Wildman–Crippen MR) is 73.0 cm³/mol. The normalized spacial score (nSPS) is 18.7. The van der Waals surface area contributed by atoms with Crippen molar-refractivity contribution in [1.82, 2.24) is 5.32 Å². The van der Waals surface area contributed by atoms with Gasteiger partial charge in [-0.15, -0.1) is 0 Å². The standard InChI is InChI=1S/C15H18N2O2/c1-9(6-10-2-3-10)16-15(19)12-5-4-11-8-14(18)17-13(11)7-12/h4-5,7,9-10H,2-3,6,8H2,1H3,(H,16,19)(H,17,18). The third-order valence-corrected chi connectivity index (χ3v) is 3.76. The molecule has 1 atom stereocenters. The van der Waals surface area contributed by atoms with Crippen LogP contribution in [0.5, 0.6) is 0 Å². The third kappa shape index (κ3) is 2.78. The van der Waals surface area contributed by atoms with Gasteiger partial charge in [0.05, 0.1) is 6.42 Å². The van der Waals surface area contributed by atoms with Crippen LogP contribution in [0.1, 0.15) is 42.1 Å². The molecule has 4 heteroatoms. The molecule has 19 heavy (non-hydrogen) atoms. The minimum atomic E-state index is -0.0582. The maximum Gasteiger partial charge on any atom is 0.251 e. The Labute approximate surface area is 112 Å². The van der Waals surface area contributed by atoms with Gasteiger partial charge in [0, 0.05) is 17.3 Å². The number of benzene rings is 1. The SMILES string of the molecule is CC(CC1CC1)NC(=O)c1ccc2c(c1)NC(=O)C2. The average Bonchev–Trinajstić information content (AvgIpc) is 3.07. The number of nitrogens with one attached hydrogen (secondary N) is 2. The van der Waals surface area contributed by atoms with Crippen molar-refractivity contribution in [3.8, 4) is 0 Å². The van der Waals surface area contributed by atoms with Crippen LogP contribution in [-0.2, 0) is 11.2 Å². The monoisotopic (exact) mass is 258 g/mol. The van der Waals surface area contributed by atoms with Gasteiger partial charge in [0.25, 0.3) is 5.91 Å². The zero-order valence-corrected chi connectivity index (χ0v) is 11.0. The molecule has 1 saturated carbocycles. The lowest BCUT2D eigenvalue weighted by Gasteiger charge is -2.13. The summed E-state index contributed by atoms with van der Waals surface area (Å²) in [6, 6.07) is 5.62. The van der Waals surface area contributed by atoms with Crippen molar-refractivity contribution in [3.63, 3.8) is 0 Å². The molecular weight excluding hydrogens is 240 g/mol. The minimum absolute atomic E-state index is 0.00494. The van der Waals surface area contributed by atoms with Gasteiger partial charge in [-0.05, 0) is 37.0 Å².